The lowest BCUT2D eigenvalue weighted by molar-refractivity contribution is -1.02. The largest absolute Gasteiger partial charge is 0.497 e. The molecule has 5 nitrogen and oxygen atoms in total. The molecule has 0 unspecified atom stereocenters. The Labute approximate surface area is 174 Å². The van der Waals surface area contributed by atoms with Gasteiger partial charge < -0.3 is 19.4 Å². The van der Waals surface area contributed by atoms with E-state index in [4.69, 9.17) is 4.74 Å². The van der Waals surface area contributed by atoms with Gasteiger partial charge in [0, 0.05) is 19.2 Å². The summed E-state index contributed by atoms with van der Waals surface area (Å²) in [6, 6.07) is 14.8. The maximum atomic E-state index is 12.7. The number of benzene rings is 2. The third-order valence-electron chi connectivity index (χ3n) is 6.01. The minimum atomic E-state index is 0.235. The molecule has 0 aromatic heterocycles. The molecule has 1 aliphatic heterocycles. The van der Waals surface area contributed by atoms with E-state index in [0.29, 0.717) is 13.1 Å². The molecule has 0 atom stereocenters. The number of quaternary nitrogens is 2. The highest BCUT2D eigenvalue weighted by Gasteiger charge is 2.26. The lowest BCUT2D eigenvalue weighted by Gasteiger charge is -2.30. The van der Waals surface area contributed by atoms with Crippen LogP contribution < -0.4 is 14.5 Å². The standard InChI is InChI=1S/C24H33N3O2/c1-19-5-8-22(20(2)15-19)17-25(3)24(28)18-27-13-11-26(12-14-27)16-21-6-9-23(29-4)10-7-21/h5-10,15H,11-14,16-18H2,1-4H3/p+2. The minimum absolute atomic E-state index is 0.235. The molecule has 1 saturated heterocycles. The molecule has 0 spiro atoms. The van der Waals surface area contributed by atoms with Crippen molar-refractivity contribution >= 4 is 5.91 Å². The Morgan fingerprint density at radius 2 is 1.66 bits per heavy atom. The number of rotatable bonds is 7. The molecule has 156 valence electrons. The number of amides is 1. The number of methoxy groups -OCH3 is 1. The van der Waals surface area contributed by atoms with Crippen LogP contribution in [0.2, 0.25) is 0 Å². The van der Waals surface area contributed by atoms with Gasteiger partial charge in [-0.15, -0.1) is 0 Å². The van der Waals surface area contributed by atoms with Crippen LogP contribution in [0, 0.1) is 13.8 Å². The molecule has 2 aromatic carbocycles. The lowest BCUT2D eigenvalue weighted by atomic mass is 10.1. The quantitative estimate of drug-likeness (QED) is 0.703. The second-order valence-corrected chi connectivity index (χ2v) is 8.38. The molecule has 1 amide bonds. The van der Waals surface area contributed by atoms with Gasteiger partial charge in [0.2, 0.25) is 0 Å². The van der Waals surface area contributed by atoms with Gasteiger partial charge in [0.25, 0.3) is 5.91 Å². The van der Waals surface area contributed by atoms with Crippen LogP contribution in [0.25, 0.3) is 0 Å². The SMILES string of the molecule is COc1ccc(C[NH+]2CC[NH+](CC(=O)N(C)Cc3ccc(C)cc3C)CC2)cc1. The number of aryl methyl sites for hydroxylation is 2. The summed E-state index contributed by atoms with van der Waals surface area (Å²) in [5.74, 6) is 1.14. The molecule has 0 radical (unpaired) electrons. The highest BCUT2D eigenvalue weighted by Crippen LogP contribution is 2.12. The summed E-state index contributed by atoms with van der Waals surface area (Å²) in [5, 5.41) is 0. The van der Waals surface area contributed by atoms with Crippen molar-refractivity contribution in [1.29, 1.82) is 0 Å². The van der Waals surface area contributed by atoms with E-state index in [9.17, 15) is 4.79 Å². The first-order valence-corrected chi connectivity index (χ1v) is 10.5. The van der Waals surface area contributed by atoms with Gasteiger partial charge in [-0.1, -0.05) is 23.8 Å². The van der Waals surface area contributed by atoms with E-state index < -0.39 is 0 Å². The fraction of sp³-hybridized carbons (Fsp3) is 0.458. The Morgan fingerprint density at radius 1 is 1.00 bits per heavy atom. The maximum absolute atomic E-state index is 12.7. The number of likely N-dealkylation sites (N-methyl/N-ethyl adjacent to an activating group) is 1. The highest BCUT2D eigenvalue weighted by molar-refractivity contribution is 5.76. The van der Waals surface area contributed by atoms with Gasteiger partial charge in [-0.05, 0) is 49.2 Å². The van der Waals surface area contributed by atoms with Crippen LogP contribution in [0.15, 0.2) is 42.5 Å². The van der Waals surface area contributed by atoms with Gasteiger partial charge >= 0.3 is 0 Å². The predicted molar refractivity (Wildman–Crippen MR) is 115 cm³/mol. The Kier molecular flexibility index (Phi) is 7.29. The second-order valence-electron chi connectivity index (χ2n) is 8.38. The van der Waals surface area contributed by atoms with Gasteiger partial charge in [0.15, 0.2) is 6.54 Å². The van der Waals surface area contributed by atoms with Crippen molar-refractivity contribution in [3.8, 4) is 5.75 Å². The van der Waals surface area contributed by atoms with E-state index in [1.165, 1.54) is 27.2 Å². The summed E-state index contributed by atoms with van der Waals surface area (Å²) in [7, 11) is 3.62. The summed E-state index contributed by atoms with van der Waals surface area (Å²) in [6.07, 6.45) is 0. The van der Waals surface area contributed by atoms with Crippen LogP contribution in [0.1, 0.15) is 22.3 Å². The average Bonchev–Trinajstić information content (AvgIpc) is 2.72. The first-order chi connectivity index (χ1) is 13.9. The molecule has 3 rings (SSSR count). The summed E-state index contributed by atoms with van der Waals surface area (Å²) < 4.78 is 5.23. The molecule has 0 bridgehead atoms. The number of carbonyl (C=O) groups excluding carboxylic acids is 1. The number of piperazine rings is 1. The molecule has 2 N–H and O–H groups in total. The van der Waals surface area contributed by atoms with Crippen LogP contribution in [-0.2, 0) is 17.9 Å². The number of nitrogens with one attached hydrogen (secondary N) is 2. The summed E-state index contributed by atoms with van der Waals surface area (Å²) in [4.78, 5) is 17.6. The first-order valence-electron chi connectivity index (χ1n) is 10.5. The van der Waals surface area contributed by atoms with Crippen molar-refractivity contribution in [2.75, 3.05) is 46.9 Å². The zero-order valence-electron chi connectivity index (χ0n) is 18.3. The van der Waals surface area contributed by atoms with Gasteiger partial charge in [-0.25, -0.2) is 0 Å². The van der Waals surface area contributed by atoms with E-state index in [2.05, 4.69) is 44.2 Å². The fourth-order valence-electron chi connectivity index (χ4n) is 4.06. The van der Waals surface area contributed by atoms with E-state index in [1.54, 1.807) is 12.0 Å². The molecule has 1 aliphatic rings. The van der Waals surface area contributed by atoms with Crippen LogP contribution in [0.3, 0.4) is 0 Å². The van der Waals surface area contributed by atoms with E-state index in [-0.39, 0.29) is 5.91 Å². The molecule has 1 fully saturated rings. The number of hydrogen-bond donors (Lipinski definition) is 2. The van der Waals surface area contributed by atoms with Crippen molar-refractivity contribution in [3.63, 3.8) is 0 Å². The summed E-state index contributed by atoms with van der Waals surface area (Å²) in [5.41, 5.74) is 5.09. The minimum Gasteiger partial charge on any atom is -0.497 e. The zero-order chi connectivity index (χ0) is 20.8. The third kappa shape index (κ3) is 6.05. The number of hydrogen-bond acceptors (Lipinski definition) is 2. The maximum Gasteiger partial charge on any atom is 0.277 e. The normalized spacial score (nSPS) is 19.0. The molecule has 2 aromatic rings. The second kappa shape index (κ2) is 9.90. The van der Waals surface area contributed by atoms with Crippen LogP contribution >= 0.6 is 0 Å². The van der Waals surface area contributed by atoms with Crippen LogP contribution in [0.5, 0.6) is 5.75 Å². The predicted octanol–water partition coefficient (Wildman–Crippen LogP) is 0.254. The molecule has 1 heterocycles. The van der Waals surface area contributed by atoms with Crippen molar-refractivity contribution in [2.24, 2.45) is 0 Å². The number of carbonyl (C=O) groups is 1. The Bertz CT molecular complexity index is 811. The first kappa shape index (κ1) is 21.3. The van der Waals surface area contributed by atoms with Gasteiger partial charge in [0.1, 0.15) is 38.5 Å². The van der Waals surface area contributed by atoms with Crippen molar-refractivity contribution in [3.05, 3.63) is 64.7 Å². The zero-order valence-corrected chi connectivity index (χ0v) is 18.3. The summed E-state index contributed by atoms with van der Waals surface area (Å²) >= 11 is 0. The topological polar surface area (TPSA) is 38.4 Å². The van der Waals surface area contributed by atoms with Gasteiger partial charge in [-0.3, -0.25) is 4.79 Å². The molecular weight excluding hydrogens is 362 g/mol. The molecule has 0 saturated carbocycles. The molecule has 29 heavy (non-hydrogen) atoms. The van der Waals surface area contributed by atoms with Crippen LogP contribution in [-0.4, -0.2) is 57.7 Å². The fourth-order valence-corrected chi connectivity index (χ4v) is 4.06. The van der Waals surface area contributed by atoms with E-state index >= 15 is 0 Å². The highest BCUT2D eigenvalue weighted by atomic mass is 16.5. The van der Waals surface area contributed by atoms with Crippen molar-refractivity contribution < 1.29 is 19.3 Å². The Hall–Kier alpha value is -2.37. The molecule has 0 aliphatic carbocycles. The molecule has 5 heteroatoms. The number of ether oxygens (including phenoxy) is 1. The smallest absolute Gasteiger partial charge is 0.277 e. The average molecular weight is 398 g/mol. The van der Waals surface area contributed by atoms with E-state index in [0.717, 1.165) is 38.5 Å². The Morgan fingerprint density at radius 3 is 2.28 bits per heavy atom. The van der Waals surface area contributed by atoms with Crippen LogP contribution in [0.4, 0.5) is 0 Å². The van der Waals surface area contributed by atoms with Gasteiger partial charge in [-0.2, -0.15) is 0 Å². The van der Waals surface area contributed by atoms with Gasteiger partial charge in [0.05, 0.1) is 7.11 Å². The number of nitrogens with zero attached hydrogens (tertiary/aromatic N) is 1. The molecular formula is C24H35N3O2+2. The van der Waals surface area contributed by atoms with Crippen molar-refractivity contribution in [1.82, 2.24) is 4.90 Å². The van der Waals surface area contributed by atoms with Crippen molar-refractivity contribution in [2.45, 2.75) is 26.9 Å². The monoisotopic (exact) mass is 397 g/mol. The lowest BCUT2D eigenvalue weighted by Crippen LogP contribution is -3.28. The third-order valence-corrected chi connectivity index (χ3v) is 6.01. The van der Waals surface area contributed by atoms with E-state index in [1.807, 2.05) is 24.1 Å². The summed E-state index contributed by atoms with van der Waals surface area (Å²) in [6.45, 7) is 10.9. The Balaban J connectivity index is 1.43.